The maximum atomic E-state index is 12.9. The number of oxime groups is 1. The van der Waals surface area contributed by atoms with Crippen molar-refractivity contribution in [1.29, 1.82) is 0 Å². The molecule has 0 spiro atoms. The van der Waals surface area contributed by atoms with Gasteiger partial charge in [0.1, 0.15) is 4.62 Å². The van der Waals surface area contributed by atoms with Crippen LogP contribution in [0.4, 0.5) is 0 Å². The molecule has 1 atom stereocenters. The molecule has 1 aromatic heterocycles. The molecule has 0 N–H and O–H groups in total. The molecule has 0 amide bonds. The quantitative estimate of drug-likeness (QED) is 0.708. The van der Waals surface area contributed by atoms with Gasteiger partial charge in [-0.3, -0.25) is 9.36 Å². The lowest BCUT2D eigenvalue weighted by atomic mass is 10.2. The van der Waals surface area contributed by atoms with E-state index in [1.165, 1.54) is 4.57 Å². The zero-order valence-electron chi connectivity index (χ0n) is 12.5. The van der Waals surface area contributed by atoms with Crippen molar-refractivity contribution < 1.29 is 9.57 Å². The Labute approximate surface area is 149 Å². The lowest BCUT2D eigenvalue weighted by Gasteiger charge is -2.16. The number of hydrogen-bond donors (Lipinski definition) is 0. The van der Waals surface area contributed by atoms with Crippen molar-refractivity contribution in [3.05, 3.63) is 33.0 Å². The number of hydrogen-bond acceptors (Lipinski definition) is 5. The van der Waals surface area contributed by atoms with E-state index in [-0.39, 0.29) is 11.7 Å². The van der Waals surface area contributed by atoms with E-state index in [4.69, 9.17) is 9.57 Å². The molecule has 1 aliphatic heterocycles. The van der Waals surface area contributed by atoms with E-state index in [0.717, 1.165) is 15.5 Å². The molecule has 0 fully saturated rings. The van der Waals surface area contributed by atoms with Gasteiger partial charge in [0.2, 0.25) is 0 Å². The van der Waals surface area contributed by atoms with E-state index >= 15 is 0 Å². The third-order valence-electron chi connectivity index (χ3n) is 3.40. The summed E-state index contributed by atoms with van der Waals surface area (Å²) in [5.41, 5.74) is 0.472. The normalized spacial score (nSPS) is 17.2. The SMILES string of the molecule is CCCOc1nc2ccc(Br)cc2c(=O)n1CC1CC(Br)=NO1. The van der Waals surface area contributed by atoms with Crippen LogP contribution in [-0.4, -0.2) is 26.9 Å². The summed E-state index contributed by atoms with van der Waals surface area (Å²) in [6.07, 6.45) is 1.25. The Morgan fingerprint density at radius 1 is 1.43 bits per heavy atom. The predicted molar refractivity (Wildman–Crippen MR) is 95.3 cm³/mol. The zero-order valence-corrected chi connectivity index (χ0v) is 15.6. The van der Waals surface area contributed by atoms with Crippen molar-refractivity contribution in [2.24, 2.45) is 5.16 Å². The molecule has 0 saturated heterocycles. The van der Waals surface area contributed by atoms with Crippen LogP contribution in [-0.2, 0) is 11.4 Å². The van der Waals surface area contributed by atoms with Crippen LogP contribution in [0.2, 0.25) is 0 Å². The van der Waals surface area contributed by atoms with Crippen LogP contribution in [0.5, 0.6) is 6.01 Å². The molecule has 6 nitrogen and oxygen atoms in total. The van der Waals surface area contributed by atoms with Gasteiger partial charge < -0.3 is 9.57 Å². The number of rotatable bonds is 5. The first kappa shape index (κ1) is 16.4. The van der Waals surface area contributed by atoms with Crippen LogP contribution in [0.3, 0.4) is 0 Å². The average Bonchev–Trinajstić information content (AvgIpc) is 2.94. The molecule has 2 aromatic rings. The van der Waals surface area contributed by atoms with Gasteiger partial charge in [-0.2, -0.15) is 4.98 Å². The highest BCUT2D eigenvalue weighted by molar-refractivity contribution is 9.18. The summed E-state index contributed by atoms with van der Waals surface area (Å²) in [6, 6.07) is 5.74. The minimum Gasteiger partial charge on any atom is -0.465 e. The molecule has 2 heterocycles. The number of benzene rings is 1. The van der Waals surface area contributed by atoms with E-state index < -0.39 is 0 Å². The van der Waals surface area contributed by atoms with Gasteiger partial charge in [0.15, 0.2) is 6.10 Å². The smallest absolute Gasteiger partial charge is 0.299 e. The van der Waals surface area contributed by atoms with Gasteiger partial charge in [0.25, 0.3) is 11.6 Å². The molecular weight excluding hydrogens is 430 g/mol. The van der Waals surface area contributed by atoms with E-state index in [1.807, 2.05) is 13.0 Å². The Kier molecular flexibility index (Phi) is 5.01. The third kappa shape index (κ3) is 3.58. The summed E-state index contributed by atoms with van der Waals surface area (Å²) < 4.78 is 8.78. The number of fused-ring (bicyclic) bond motifs is 1. The number of aromatic nitrogens is 2. The van der Waals surface area contributed by atoms with Gasteiger partial charge in [0.05, 0.1) is 24.1 Å². The predicted octanol–water partition coefficient (Wildman–Crippen LogP) is 3.45. The second-order valence-electron chi connectivity index (χ2n) is 5.22. The molecule has 0 aliphatic carbocycles. The summed E-state index contributed by atoms with van der Waals surface area (Å²) in [7, 11) is 0. The largest absolute Gasteiger partial charge is 0.465 e. The van der Waals surface area contributed by atoms with Gasteiger partial charge >= 0.3 is 0 Å². The maximum absolute atomic E-state index is 12.9. The standard InChI is InChI=1S/C15H15Br2N3O3/c1-2-5-22-15-18-12-4-3-9(16)6-11(12)14(21)20(15)8-10-7-13(17)19-23-10/h3-4,6,10H,2,5,7-8H2,1H3. The highest BCUT2D eigenvalue weighted by atomic mass is 79.9. The first-order valence-corrected chi connectivity index (χ1v) is 8.88. The fraction of sp³-hybridized carbons (Fsp3) is 0.400. The minimum absolute atomic E-state index is 0.144. The molecule has 8 heteroatoms. The van der Waals surface area contributed by atoms with E-state index in [0.29, 0.717) is 36.5 Å². The fourth-order valence-corrected chi connectivity index (χ4v) is 3.14. The summed E-state index contributed by atoms with van der Waals surface area (Å²) in [5.74, 6) is 0. The Morgan fingerprint density at radius 3 is 2.96 bits per heavy atom. The zero-order chi connectivity index (χ0) is 16.4. The van der Waals surface area contributed by atoms with Crippen molar-refractivity contribution in [2.75, 3.05) is 6.61 Å². The highest BCUT2D eigenvalue weighted by Gasteiger charge is 2.23. The van der Waals surface area contributed by atoms with Gasteiger partial charge in [-0.25, -0.2) is 0 Å². The highest BCUT2D eigenvalue weighted by Crippen LogP contribution is 2.21. The van der Waals surface area contributed by atoms with Crippen LogP contribution < -0.4 is 10.3 Å². The molecule has 1 aromatic carbocycles. The van der Waals surface area contributed by atoms with Crippen LogP contribution in [0, 0.1) is 0 Å². The molecule has 23 heavy (non-hydrogen) atoms. The van der Waals surface area contributed by atoms with Crippen molar-refractivity contribution in [3.63, 3.8) is 0 Å². The Morgan fingerprint density at radius 2 is 2.26 bits per heavy atom. The Bertz CT molecular complexity index is 819. The molecule has 122 valence electrons. The molecular formula is C15H15Br2N3O3. The lowest BCUT2D eigenvalue weighted by molar-refractivity contribution is 0.0687. The number of nitrogens with zero attached hydrogens (tertiary/aromatic N) is 3. The molecule has 3 rings (SSSR count). The first-order valence-electron chi connectivity index (χ1n) is 7.29. The van der Waals surface area contributed by atoms with Gasteiger partial charge in [-0.15, -0.1) is 0 Å². The molecule has 0 bridgehead atoms. The number of halogens is 2. The lowest BCUT2D eigenvalue weighted by Crippen LogP contribution is -2.29. The molecule has 0 radical (unpaired) electrons. The molecule has 1 aliphatic rings. The summed E-state index contributed by atoms with van der Waals surface area (Å²) in [4.78, 5) is 22.7. The van der Waals surface area contributed by atoms with E-state index in [9.17, 15) is 4.79 Å². The van der Waals surface area contributed by atoms with Crippen molar-refractivity contribution in [2.45, 2.75) is 32.4 Å². The summed E-state index contributed by atoms with van der Waals surface area (Å²) in [5, 5.41) is 4.40. The number of ether oxygens (including phenoxy) is 1. The van der Waals surface area contributed by atoms with Crippen molar-refractivity contribution in [3.8, 4) is 6.01 Å². The second kappa shape index (κ2) is 7.00. The van der Waals surface area contributed by atoms with E-state index in [2.05, 4.69) is 42.0 Å². The second-order valence-corrected chi connectivity index (χ2v) is 7.05. The van der Waals surface area contributed by atoms with Crippen molar-refractivity contribution >= 4 is 47.4 Å². The van der Waals surface area contributed by atoms with Gasteiger partial charge in [0, 0.05) is 10.9 Å². The monoisotopic (exact) mass is 443 g/mol. The summed E-state index contributed by atoms with van der Waals surface area (Å²) in [6.45, 7) is 2.85. The van der Waals surface area contributed by atoms with Crippen LogP contribution in [0.15, 0.2) is 32.6 Å². The van der Waals surface area contributed by atoms with E-state index in [1.54, 1.807) is 12.1 Å². The van der Waals surface area contributed by atoms with Gasteiger partial charge in [-0.1, -0.05) is 28.0 Å². The van der Waals surface area contributed by atoms with Crippen LogP contribution in [0.25, 0.3) is 10.9 Å². The maximum Gasteiger partial charge on any atom is 0.299 e. The van der Waals surface area contributed by atoms with Crippen molar-refractivity contribution in [1.82, 2.24) is 9.55 Å². The fourth-order valence-electron chi connectivity index (χ4n) is 2.33. The summed E-state index contributed by atoms with van der Waals surface area (Å²) >= 11 is 6.70. The Balaban J connectivity index is 2.04. The third-order valence-corrected chi connectivity index (χ3v) is 4.36. The topological polar surface area (TPSA) is 65.7 Å². The molecule has 1 unspecified atom stereocenters. The Hall–Kier alpha value is -1.41. The first-order chi connectivity index (χ1) is 11.1. The molecule has 0 saturated carbocycles. The van der Waals surface area contributed by atoms with Gasteiger partial charge in [-0.05, 0) is 40.5 Å². The van der Waals surface area contributed by atoms with Crippen LogP contribution >= 0.6 is 31.9 Å². The minimum atomic E-state index is -0.211. The average molecular weight is 445 g/mol. The van der Waals surface area contributed by atoms with Crippen LogP contribution in [0.1, 0.15) is 19.8 Å².